The van der Waals surface area contributed by atoms with Crippen molar-refractivity contribution in [3.05, 3.63) is 28.5 Å². The number of nitrogens with zero attached hydrogens (tertiary/aromatic N) is 2. The van der Waals surface area contributed by atoms with Crippen molar-refractivity contribution in [2.75, 3.05) is 25.5 Å². The van der Waals surface area contributed by atoms with Gasteiger partial charge in [0.25, 0.3) is 15.9 Å². The van der Waals surface area contributed by atoms with E-state index in [1.54, 1.807) is 6.92 Å². The van der Waals surface area contributed by atoms with E-state index in [2.05, 4.69) is 15.0 Å². The van der Waals surface area contributed by atoms with Gasteiger partial charge in [0.2, 0.25) is 5.09 Å². The average Bonchev–Trinajstić information content (AvgIpc) is 3.29. The van der Waals surface area contributed by atoms with E-state index in [0.717, 1.165) is 30.6 Å². The van der Waals surface area contributed by atoms with E-state index in [0.29, 0.717) is 18.8 Å². The minimum Gasteiger partial charge on any atom is -0.465 e. The van der Waals surface area contributed by atoms with Crippen LogP contribution in [0.2, 0.25) is 0 Å². The van der Waals surface area contributed by atoms with Crippen molar-refractivity contribution in [1.82, 2.24) is 9.29 Å². The maximum absolute atomic E-state index is 12.6. The Balaban J connectivity index is 1.74. The van der Waals surface area contributed by atoms with E-state index >= 15 is 0 Å². The van der Waals surface area contributed by atoms with Crippen LogP contribution >= 0.6 is 11.3 Å². The van der Waals surface area contributed by atoms with E-state index in [9.17, 15) is 18.0 Å². The molecule has 0 atom stereocenters. The molecule has 0 unspecified atom stereocenters. The molecule has 11 heteroatoms. The van der Waals surface area contributed by atoms with Crippen molar-refractivity contribution in [2.24, 2.45) is 0 Å². The number of nitrogens with one attached hydrogen (secondary N) is 1. The summed E-state index contributed by atoms with van der Waals surface area (Å²) in [7, 11) is -2.50. The molecule has 27 heavy (non-hydrogen) atoms. The summed E-state index contributed by atoms with van der Waals surface area (Å²) in [5, 5.41) is 2.43. The molecule has 0 aromatic carbocycles. The predicted octanol–water partition coefficient (Wildman–Crippen LogP) is 2.26. The van der Waals surface area contributed by atoms with Crippen LogP contribution in [0, 0.1) is 6.92 Å². The van der Waals surface area contributed by atoms with Crippen molar-refractivity contribution < 1.29 is 27.2 Å². The first-order valence-electron chi connectivity index (χ1n) is 8.30. The van der Waals surface area contributed by atoms with Crippen LogP contribution in [0.4, 0.5) is 5.13 Å². The number of thiazole rings is 1. The number of piperidine rings is 1. The third-order valence-corrected chi connectivity index (χ3v) is 6.93. The fourth-order valence-corrected chi connectivity index (χ4v) is 5.01. The van der Waals surface area contributed by atoms with Gasteiger partial charge in [0.05, 0.1) is 12.8 Å². The third kappa shape index (κ3) is 4.04. The Morgan fingerprint density at radius 1 is 1.26 bits per heavy atom. The number of carbonyl (C=O) groups excluding carboxylic acids is 2. The lowest BCUT2D eigenvalue weighted by atomic mass is 10.2. The molecule has 9 nitrogen and oxygen atoms in total. The van der Waals surface area contributed by atoms with Gasteiger partial charge in [0, 0.05) is 13.1 Å². The van der Waals surface area contributed by atoms with E-state index < -0.39 is 21.9 Å². The normalized spacial score (nSPS) is 15.5. The van der Waals surface area contributed by atoms with Crippen molar-refractivity contribution in [3.63, 3.8) is 0 Å². The van der Waals surface area contributed by atoms with Gasteiger partial charge in [-0.3, -0.25) is 10.1 Å². The van der Waals surface area contributed by atoms with Crippen molar-refractivity contribution >= 4 is 38.4 Å². The number of hydrogen-bond donors (Lipinski definition) is 1. The van der Waals surface area contributed by atoms with E-state index in [-0.39, 0.29) is 20.9 Å². The van der Waals surface area contributed by atoms with E-state index in [1.807, 2.05) is 0 Å². The number of esters is 1. The van der Waals surface area contributed by atoms with Crippen LogP contribution in [-0.4, -0.2) is 49.8 Å². The Morgan fingerprint density at radius 2 is 1.96 bits per heavy atom. The standard InChI is InChI=1S/C16H19N3O6S2/c1-10-13(15(21)24-2)26-16(17-10)18-14(20)11-6-7-12(25-11)27(22,23)19-8-4-3-5-9-19/h6-7H,3-5,8-9H2,1-2H3,(H,17,18,20). The second-order valence-electron chi connectivity index (χ2n) is 5.96. The van der Waals surface area contributed by atoms with Crippen LogP contribution in [0.3, 0.4) is 0 Å². The molecule has 1 aliphatic rings. The van der Waals surface area contributed by atoms with Crippen LogP contribution in [0.25, 0.3) is 0 Å². The van der Waals surface area contributed by atoms with Crippen LogP contribution in [0.1, 0.15) is 45.2 Å². The van der Waals surface area contributed by atoms with Gasteiger partial charge in [-0.05, 0) is 31.9 Å². The Labute approximate surface area is 160 Å². The summed E-state index contributed by atoms with van der Waals surface area (Å²) in [4.78, 5) is 28.3. The van der Waals surface area contributed by atoms with Gasteiger partial charge in [-0.15, -0.1) is 0 Å². The second-order valence-corrected chi connectivity index (χ2v) is 8.83. The van der Waals surface area contributed by atoms with Gasteiger partial charge >= 0.3 is 5.97 Å². The van der Waals surface area contributed by atoms with E-state index in [1.165, 1.54) is 23.5 Å². The molecule has 2 aromatic heterocycles. The zero-order valence-electron chi connectivity index (χ0n) is 14.9. The van der Waals surface area contributed by atoms with Crippen molar-refractivity contribution in [2.45, 2.75) is 31.3 Å². The molecule has 146 valence electrons. The topological polar surface area (TPSA) is 119 Å². The number of methoxy groups -OCH3 is 1. The number of amides is 1. The summed E-state index contributed by atoms with van der Waals surface area (Å²) in [5.41, 5.74) is 0.426. The van der Waals surface area contributed by atoms with Crippen LogP contribution in [-0.2, 0) is 14.8 Å². The molecule has 3 heterocycles. The maximum Gasteiger partial charge on any atom is 0.350 e. The van der Waals surface area contributed by atoms with Gasteiger partial charge in [0.15, 0.2) is 10.9 Å². The molecule has 1 aliphatic heterocycles. The number of sulfonamides is 1. The second kappa shape index (κ2) is 7.79. The first kappa shape index (κ1) is 19.5. The molecular weight excluding hydrogens is 394 g/mol. The number of carbonyl (C=O) groups is 2. The molecule has 2 aromatic rings. The smallest absolute Gasteiger partial charge is 0.350 e. The van der Waals surface area contributed by atoms with Crippen molar-refractivity contribution in [3.8, 4) is 0 Å². The minimum absolute atomic E-state index is 0.155. The summed E-state index contributed by atoms with van der Waals surface area (Å²) < 4.78 is 36.4. The van der Waals surface area contributed by atoms with Gasteiger partial charge < -0.3 is 9.15 Å². The van der Waals surface area contributed by atoms with Crippen LogP contribution < -0.4 is 5.32 Å². The van der Waals surface area contributed by atoms with Gasteiger partial charge in [-0.25, -0.2) is 18.2 Å². The molecule has 0 bridgehead atoms. The lowest BCUT2D eigenvalue weighted by molar-refractivity contribution is 0.0605. The van der Waals surface area contributed by atoms with Gasteiger partial charge in [-0.2, -0.15) is 4.31 Å². The summed E-state index contributed by atoms with van der Waals surface area (Å²) in [6.45, 7) is 2.51. The quantitative estimate of drug-likeness (QED) is 0.747. The number of anilines is 1. The molecule has 3 rings (SSSR count). The molecule has 1 N–H and O–H groups in total. The largest absolute Gasteiger partial charge is 0.465 e. The molecular formula is C16H19N3O6S2. The van der Waals surface area contributed by atoms with Gasteiger partial charge in [-0.1, -0.05) is 17.8 Å². The molecule has 0 saturated carbocycles. The monoisotopic (exact) mass is 413 g/mol. The first-order valence-corrected chi connectivity index (χ1v) is 10.6. The molecule has 0 radical (unpaired) electrons. The Kier molecular flexibility index (Phi) is 5.63. The highest BCUT2D eigenvalue weighted by atomic mass is 32.2. The fraction of sp³-hybridized carbons (Fsp3) is 0.438. The van der Waals surface area contributed by atoms with E-state index in [4.69, 9.17) is 4.42 Å². The highest BCUT2D eigenvalue weighted by Gasteiger charge is 2.30. The lowest BCUT2D eigenvalue weighted by Gasteiger charge is -2.24. The Morgan fingerprint density at radius 3 is 2.63 bits per heavy atom. The summed E-state index contributed by atoms with van der Waals surface area (Å²) in [6, 6.07) is 2.57. The summed E-state index contributed by atoms with van der Waals surface area (Å²) in [6.07, 6.45) is 2.61. The number of ether oxygens (including phenoxy) is 1. The lowest BCUT2D eigenvalue weighted by Crippen LogP contribution is -2.35. The molecule has 1 fully saturated rings. The summed E-state index contributed by atoms with van der Waals surface area (Å²) in [5.74, 6) is -1.35. The number of furan rings is 1. The molecule has 0 spiro atoms. The number of rotatable bonds is 5. The number of aryl methyl sites for hydroxylation is 1. The predicted molar refractivity (Wildman–Crippen MR) is 97.5 cm³/mol. The third-order valence-electron chi connectivity index (χ3n) is 4.10. The van der Waals surface area contributed by atoms with Crippen LogP contribution in [0.15, 0.2) is 21.6 Å². The molecule has 1 saturated heterocycles. The highest BCUT2D eigenvalue weighted by molar-refractivity contribution is 7.89. The molecule has 1 amide bonds. The average molecular weight is 413 g/mol. The fourth-order valence-electron chi connectivity index (χ4n) is 2.70. The molecule has 0 aliphatic carbocycles. The van der Waals surface area contributed by atoms with Gasteiger partial charge in [0.1, 0.15) is 4.88 Å². The SMILES string of the molecule is COC(=O)c1sc(NC(=O)c2ccc(S(=O)(=O)N3CCCCC3)o2)nc1C. The highest BCUT2D eigenvalue weighted by Crippen LogP contribution is 2.25. The van der Waals surface area contributed by atoms with Crippen LogP contribution in [0.5, 0.6) is 0 Å². The Hall–Kier alpha value is -2.24. The first-order chi connectivity index (χ1) is 12.8. The summed E-state index contributed by atoms with van der Waals surface area (Å²) >= 11 is 0.965. The number of aromatic nitrogens is 1. The zero-order valence-corrected chi connectivity index (χ0v) is 16.5. The minimum atomic E-state index is -3.75. The number of hydrogen-bond acceptors (Lipinski definition) is 8. The maximum atomic E-state index is 12.6. The Bertz CT molecular complexity index is 957. The van der Waals surface area contributed by atoms with Crippen molar-refractivity contribution in [1.29, 1.82) is 0 Å². The zero-order chi connectivity index (χ0) is 19.6.